The summed E-state index contributed by atoms with van der Waals surface area (Å²) in [7, 11) is 0. The molecule has 16 heavy (non-hydrogen) atoms. The molecule has 0 bridgehead atoms. The second-order valence-electron chi connectivity index (χ2n) is 4.91. The summed E-state index contributed by atoms with van der Waals surface area (Å²) in [4.78, 5) is 0. The minimum absolute atomic E-state index is 0.196. The lowest BCUT2D eigenvalue weighted by Crippen LogP contribution is -2.23. The molecule has 2 N–H and O–H groups in total. The number of nitrogen functional groups attached to an aromatic ring is 1. The number of anilines is 1. The van der Waals surface area contributed by atoms with Crippen LogP contribution in [0.3, 0.4) is 0 Å². The maximum Gasteiger partial charge on any atom is 0.128 e. The summed E-state index contributed by atoms with van der Waals surface area (Å²) >= 11 is 0. The number of fused-ring (bicyclic) bond motifs is 1. The Bertz CT molecular complexity index is 512. The zero-order valence-electron chi connectivity index (χ0n) is 9.95. The molecule has 0 heterocycles. The summed E-state index contributed by atoms with van der Waals surface area (Å²) in [5.74, 6) is 0.886. The highest BCUT2D eigenvalue weighted by Gasteiger charge is 2.14. The lowest BCUT2D eigenvalue weighted by atomic mass is 10.1. The molecule has 84 valence electrons. The van der Waals surface area contributed by atoms with Crippen LogP contribution in [0, 0.1) is 0 Å². The first-order valence-corrected chi connectivity index (χ1v) is 5.43. The largest absolute Gasteiger partial charge is 0.488 e. The molecule has 0 saturated carbocycles. The summed E-state index contributed by atoms with van der Waals surface area (Å²) in [6.07, 6.45) is 0. The van der Waals surface area contributed by atoms with E-state index < -0.39 is 0 Å². The van der Waals surface area contributed by atoms with E-state index >= 15 is 0 Å². The van der Waals surface area contributed by atoms with Crippen molar-refractivity contribution in [3.05, 3.63) is 36.4 Å². The van der Waals surface area contributed by atoms with Gasteiger partial charge in [-0.2, -0.15) is 0 Å². The van der Waals surface area contributed by atoms with E-state index in [0.717, 1.165) is 22.2 Å². The van der Waals surface area contributed by atoms with Crippen molar-refractivity contribution in [3.63, 3.8) is 0 Å². The van der Waals surface area contributed by atoms with Crippen molar-refractivity contribution in [2.75, 3.05) is 5.73 Å². The third kappa shape index (κ3) is 2.11. The molecule has 0 spiro atoms. The molecular formula is C14H17NO. The van der Waals surface area contributed by atoms with E-state index in [1.165, 1.54) is 0 Å². The van der Waals surface area contributed by atoms with Crippen LogP contribution in [-0.4, -0.2) is 5.60 Å². The lowest BCUT2D eigenvalue weighted by Gasteiger charge is -2.22. The zero-order chi connectivity index (χ0) is 11.8. The van der Waals surface area contributed by atoms with Crippen LogP contribution in [0.4, 0.5) is 5.69 Å². The molecule has 0 unspecified atom stereocenters. The molecule has 0 amide bonds. The highest BCUT2D eigenvalue weighted by atomic mass is 16.5. The summed E-state index contributed by atoms with van der Waals surface area (Å²) < 4.78 is 5.91. The fourth-order valence-corrected chi connectivity index (χ4v) is 1.71. The molecule has 0 aromatic heterocycles. The van der Waals surface area contributed by atoms with E-state index in [0.29, 0.717) is 0 Å². The molecule has 0 aliphatic rings. The van der Waals surface area contributed by atoms with Crippen molar-refractivity contribution in [1.29, 1.82) is 0 Å². The highest BCUT2D eigenvalue weighted by Crippen LogP contribution is 2.31. The minimum Gasteiger partial charge on any atom is -0.488 e. The second kappa shape index (κ2) is 3.71. The van der Waals surface area contributed by atoms with Gasteiger partial charge in [-0.1, -0.05) is 24.3 Å². The topological polar surface area (TPSA) is 35.2 Å². The van der Waals surface area contributed by atoms with Gasteiger partial charge in [-0.15, -0.1) is 0 Å². The molecule has 0 aliphatic carbocycles. The normalized spacial score (nSPS) is 11.7. The first-order chi connectivity index (χ1) is 7.47. The predicted molar refractivity (Wildman–Crippen MR) is 68.7 cm³/mol. The van der Waals surface area contributed by atoms with E-state index in [-0.39, 0.29) is 5.60 Å². The molecule has 0 radical (unpaired) electrons. The smallest absolute Gasteiger partial charge is 0.128 e. The molecule has 0 aliphatic heterocycles. The lowest BCUT2D eigenvalue weighted by molar-refractivity contribution is 0.133. The summed E-state index contributed by atoms with van der Waals surface area (Å²) in [5, 5.41) is 2.11. The summed E-state index contributed by atoms with van der Waals surface area (Å²) in [6.45, 7) is 6.12. The molecule has 2 rings (SSSR count). The maximum absolute atomic E-state index is 5.93. The Morgan fingerprint density at radius 2 is 1.56 bits per heavy atom. The van der Waals surface area contributed by atoms with Gasteiger partial charge in [0.05, 0.1) is 0 Å². The molecule has 2 heteroatoms. The number of nitrogens with two attached hydrogens (primary N) is 1. The summed E-state index contributed by atoms with van der Waals surface area (Å²) in [6, 6.07) is 11.9. The van der Waals surface area contributed by atoms with Gasteiger partial charge in [0, 0.05) is 16.5 Å². The first-order valence-electron chi connectivity index (χ1n) is 5.43. The van der Waals surface area contributed by atoms with Gasteiger partial charge < -0.3 is 10.5 Å². The fraction of sp³-hybridized carbons (Fsp3) is 0.286. The number of hydrogen-bond donors (Lipinski definition) is 1. The van der Waals surface area contributed by atoms with Crippen molar-refractivity contribution < 1.29 is 4.74 Å². The van der Waals surface area contributed by atoms with E-state index in [2.05, 4.69) is 0 Å². The first kappa shape index (κ1) is 10.8. The molecule has 2 nitrogen and oxygen atoms in total. The van der Waals surface area contributed by atoms with Crippen LogP contribution < -0.4 is 10.5 Å². The van der Waals surface area contributed by atoms with Crippen LogP contribution in [0.15, 0.2) is 36.4 Å². The Morgan fingerprint density at radius 3 is 2.19 bits per heavy atom. The van der Waals surface area contributed by atoms with Crippen LogP contribution in [0.25, 0.3) is 10.8 Å². The van der Waals surface area contributed by atoms with Gasteiger partial charge in [0.2, 0.25) is 0 Å². The molecule has 0 saturated heterocycles. The Kier molecular flexibility index (Phi) is 2.50. The minimum atomic E-state index is -0.196. The van der Waals surface area contributed by atoms with Gasteiger partial charge in [-0.05, 0) is 32.9 Å². The third-order valence-corrected chi connectivity index (χ3v) is 2.33. The van der Waals surface area contributed by atoms with E-state index in [4.69, 9.17) is 10.5 Å². The number of rotatable bonds is 1. The quantitative estimate of drug-likeness (QED) is 0.738. The summed E-state index contributed by atoms with van der Waals surface area (Å²) in [5.41, 5.74) is 6.53. The molecular weight excluding hydrogens is 198 g/mol. The second-order valence-corrected chi connectivity index (χ2v) is 4.91. The van der Waals surface area contributed by atoms with Gasteiger partial charge in [-0.3, -0.25) is 0 Å². The Hall–Kier alpha value is -1.70. The van der Waals surface area contributed by atoms with Gasteiger partial charge in [-0.25, -0.2) is 0 Å². The zero-order valence-corrected chi connectivity index (χ0v) is 9.95. The average molecular weight is 215 g/mol. The SMILES string of the molecule is CC(C)(C)Oc1ccc(N)c2ccccc12. The van der Waals surface area contributed by atoms with Crippen molar-refractivity contribution in [2.24, 2.45) is 0 Å². The Morgan fingerprint density at radius 1 is 0.938 bits per heavy atom. The van der Waals surface area contributed by atoms with Crippen LogP contribution >= 0.6 is 0 Å². The molecule has 2 aromatic rings. The van der Waals surface area contributed by atoms with Crippen LogP contribution in [-0.2, 0) is 0 Å². The number of ether oxygens (including phenoxy) is 1. The van der Waals surface area contributed by atoms with Gasteiger partial charge in [0.15, 0.2) is 0 Å². The molecule has 2 aromatic carbocycles. The molecule has 0 atom stereocenters. The van der Waals surface area contributed by atoms with E-state index in [1.54, 1.807) is 0 Å². The van der Waals surface area contributed by atoms with Crippen molar-refractivity contribution in [3.8, 4) is 5.75 Å². The van der Waals surface area contributed by atoms with Gasteiger partial charge >= 0.3 is 0 Å². The van der Waals surface area contributed by atoms with Crippen molar-refractivity contribution in [2.45, 2.75) is 26.4 Å². The molecule has 0 fully saturated rings. The van der Waals surface area contributed by atoms with E-state index in [9.17, 15) is 0 Å². The van der Waals surface area contributed by atoms with Crippen LogP contribution in [0.2, 0.25) is 0 Å². The van der Waals surface area contributed by atoms with Crippen molar-refractivity contribution >= 4 is 16.5 Å². The van der Waals surface area contributed by atoms with Gasteiger partial charge in [0.25, 0.3) is 0 Å². The monoisotopic (exact) mass is 215 g/mol. The Labute approximate surface area is 96.0 Å². The predicted octanol–water partition coefficient (Wildman–Crippen LogP) is 3.60. The number of benzene rings is 2. The fourth-order valence-electron chi connectivity index (χ4n) is 1.71. The number of hydrogen-bond acceptors (Lipinski definition) is 2. The highest BCUT2D eigenvalue weighted by molar-refractivity contribution is 5.97. The third-order valence-electron chi connectivity index (χ3n) is 2.33. The van der Waals surface area contributed by atoms with Gasteiger partial charge in [0.1, 0.15) is 11.4 Å². The van der Waals surface area contributed by atoms with Crippen LogP contribution in [0.5, 0.6) is 5.75 Å². The Balaban J connectivity index is 2.59. The van der Waals surface area contributed by atoms with E-state index in [1.807, 2.05) is 57.2 Å². The average Bonchev–Trinajstić information content (AvgIpc) is 2.21. The standard InChI is InChI=1S/C14H17NO/c1-14(2,3)16-13-9-8-12(15)10-6-4-5-7-11(10)13/h4-9H,15H2,1-3H3. The van der Waals surface area contributed by atoms with Crippen molar-refractivity contribution in [1.82, 2.24) is 0 Å². The van der Waals surface area contributed by atoms with Crippen LogP contribution in [0.1, 0.15) is 20.8 Å². The maximum atomic E-state index is 5.93.